The molecule has 0 saturated heterocycles. The summed E-state index contributed by atoms with van der Waals surface area (Å²) in [5.41, 5.74) is 0.928. The number of aryl methyl sites for hydroxylation is 1. The van der Waals surface area contributed by atoms with Crippen LogP contribution in [0.1, 0.15) is 16.9 Å². The van der Waals surface area contributed by atoms with Crippen LogP contribution in [-0.2, 0) is 9.53 Å². The molecule has 10 heteroatoms. The minimum atomic E-state index is -0.713. The van der Waals surface area contributed by atoms with Gasteiger partial charge >= 0.3 is 5.97 Å². The van der Waals surface area contributed by atoms with E-state index in [1.54, 1.807) is 37.3 Å². The highest BCUT2D eigenvalue weighted by Crippen LogP contribution is 2.32. The number of benzene rings is 2. The molecule has 2 aromatic carbocycles. The average Bonchev–Trinajstić information content (AvgIpc) is 3.35. The Bertz CT molecular complexity index is 1300. The van der Waals surface area contributed by atoms with E-state index >= 15 is 0 Å². The summed E-state index contributed by atoms with van der Waals surface area (Å²) < 4.78 is 10.8. The number of carbonyl (C=O) groups is 1. The van der Waals surface area contributed by atoms with Crippen molar-refractivity contribution in [3.8, 4) is 11.3 Å². The van der Waals surface area contributed by atoms with Gasteiger partial charge in [0.05, 0.1) is 15.4 Å². The van der Waals surface area contributed by atoms with E-state index in [9.17, 15) is 25.0 Å². The molecule has 0 aliphatic carbocycles. The molecule has 0 radical (unpaired) electrons. The molecule has 10 nitrogen and oxygen atoms in total. The molecular formula is C21H13N3O7. The number of aliphatic imine (C=N–C) groups is 1. The van der Waals surface area contributed by atoms with Crippen LogP contribution in [0.2, 0.25) is 0 Å². The number of cyclic esters (lactones) is 1. The van der Waals surface area contributed by atoms with Crippen molar-refractivity contribution in [2.75, 3.05) is 0 Å². The van der Waals surface area contributed by atoms with Gasteiger partial charge in [-0.15, -0.1) is 0 Å². The third-order valence-electron chi connectivity index (χ3n) is 4.53. The van der Waals surface area contributed by atoms with Crippen LogP contribution < -0.4 is 0 Å². The van der Waals surface area contributed by atoms with Crippen LogP contribution in [0.15, 0.2) is 69.7 Å². The van der Waals surface area contributed by atoms with E-state index in [-0.39, 0.29) is 34.5 Å². The second kappa shape index (κ2) is 7.67. The van der Waals surface area contributed by atoms with Gasteiger partial charge in [0.15, 0.2) is 5.70 Å². The summed E-state index contributed by atoms with van der Waals surface area (Å²) in [4.78, 5) is 37.5. The Morgan fingerprint density at radius 2 is 1.71 bits per heavy atom. The number of para-hydroxylation sites is 1. The molecule has 0 amide bonds. The Hall–Kier alpha value is -4.60. The molecule has 0 atom stereocenters. The topological polar surface area (TPSA) is 138 Å². The number of ether oxygens (including phenoxy) is 1. The normalized spacial score (nSPS) is 14.4. The summed E-state index contributed by atoms with van der Waals surface area (Å²) in [6, 6.07) is 13.5. The fourth-order valence-corrected chi connectivity index (χ4v) is 3.08. The van der Waals surface area contributed by atoms with Crippen LogP contribution in [0.3, 0.4) is 0 Å². The molecule has 0 spiro atoms. The van der Waals surface area contributed by atoms with E-state index in [1.165, 1.54) is 30.3 Å². The first-order valence-electron chi connectivity index (χ1n) is 8.95. The quantitative estimate of drug-likeness (QED) is 0.258. The predicted octanol–water partition coefficient (Wildman–Crippen LogP) is 4.42. The van der Waals surface area contributed by atoms with E-state index in [0.717, 1.165) is 0 Å². The number of nitrogens with zero attached hydrogens (tertiary/aromatic N) is 3. The van der Waals surface area contributed by atoms with Gasteiger partial charge in [-0.3, -0.25) is 20.2 Å². The summed E-state index contributed by atoms with van der Waals surface area (Å²) in [6.07, 6.45) is 1.35. The van der Waals surface area contributed by atoms with Crippen LogP contribution >= 0.6 is 0 Å². The summed E-state index contributed by atoms with van der Waals surface area (Å²) in [6.45, 7) is 1.57. The second-order valence-electron chi connectivity index (χ2n) is 6.57. The van der Waals surface area contributed by atoms with E-state index in [0.29, 0.717) is 16.7 Å². The largest absolute Gasteiger partial charge is 0.456 e. The van der Waals surface area contributed by atoms with Gasteiger partial charge in [-0.05, 0) is 37.3 Å². The van der Waals surface area contributed by atoms with Crippen molar-refractivity contribution in [2.45, 2.75) is 6.92 Å². The predicted molar refractivity (Wildman–Crippen MR) is 109 cm³/mol. The van der Waals surface area contributed by atoms with E-state index in [1.807, 2.05) is 0 Å². The summed E-state index contributed by atoms with van der Waals surface area (Å²) in [5, 5.41) is 22.2. The third-order valence-corrected chi connectivity index (χ3v) is 4.53. The third kappa shape index (κ3) is 3.81. The zero-order valence-corrected chi connectivity index (χ0v) is 16.0. The zero-order chi connectivity index (χ0) is 22.1. The van der Waals surface area contributed by atoms with Gasteiger partial charge in [0, 0.05) is 29.3 Å². The van der Waals surface area contributed by atoms with Crippen LogP contribution in [0.5, 0.6) is 0 Å². The smallest absolute Gasteiger partial charge is 0.363 e. The standard InChI is InChI=1S/C21H13N3O7/c1-12-10-13(6-8-17(12)23(26)27)20-22-16(21(25)31-20)11-14-7-9-19(30-14)15-4-2-3-5-18(15)24(28)29/h2-11H,1H3/b16-11-. The van der Waals surface area contributed by atoms with Gasteiger partial charge in [0.1, 0.15) is 11.5 Å². The highest BCUT2D eigenvalue weighted by atomic mass is 16.6. The number of rotatable bonds is 5. The zero-order valence-electron chi connectivity index (χ0n) is 16.0. The SMILES string of the molecule is Cc1cc(C2=N/C(=C\c3ccc(-c4ccccc4[N+](=O)[O-])o3)C(=O)O2)ccc1[N+](=O)[O-]. The van der Waals surface area contributed by atoms with Crippen molar-refractivity contribution >= 4 is 29.3 Å². The molecule has 0 N–H and O–H groups in total. The highest BCUT2D eigenvalue weighted by molar-refractivity contribution is 6.12. The molecule has 3 aromatic rings. The van der Waals surface area contributed by atoms with Crippen LogP contribution in [-0.4, -0.2) is 21.7 Å². The van der Waals surface area contributed by atoms with Gasteiger partial charge < -0.3 is 9.15 Å². The Labute approximate surface area is 174 Å². The Kier molecular flexibility index (Phi) is 4.88. The number of esters is 1. The van der Waals surface area contributed by atoms with Crippen LogP contribution in [0.4, 0.5) is 11.4 Å². The Balaban J connectivity index is 1.64. The van der Waals surface area contributed by atoms with Crippen molar-refractivity contribution in [3.63, 3.8) is 0 Å². The molecule has 1 aliphatic heterocycles. The monoisotopic (exact) mass is 419 g/mol. The molecule has 2 heterocycles. The van der Waals surface area contributed by atoms with Crippen molar-refractivity contribution in [1.82, 2.24) is 0 Å². The molecule has 4 rings (SSSR count). The molecular weight excluding hydrogens is 406 g/mol. The molecule has 0 fully saturated rings. The minimum absolute atomic E-state index is 0.0136. The summed E-state index contributed by atoms with van der Waals surface area (Å²) in [7, 11) is 0. The number of hydrogen-bond acceptors (Lipinski definition) is 8. The highest BCUT2D eigenvalue weighted by Gasteiger charge is 2.26. The average molecular weight is 419 g/mol. The number of hydrogen-bond donors (Lipinski definition) is 0. The molecule has 1 aliphatic rings. The van der Waals surface area contributed by atoms with Crippen molar-refractivity contribution in [1.29, 1.82) is 0 Å². The van der Waals surface area contributed by atoms with Crippen molar-refractivity contribution in [2.24, 2.45) is 4.99 Å². The van der Waals surface area contributed by atoms with Gasteiger partial charge in [0.2, 0.25) is 5.90 Å². The number of carbonyl (C=O) groups excluding carboxylic acids is 1. The minimum Gasteiger partial charge on any atom is -0.456 e. The lowest BCUT2D eigenvalue weighted by molar-refractivity contribution is -0.385. The Morgan fingerprint density at radius 1 is 0.968 bits per heavy atom. The fraction of sp³-hybridized carbons (Fsp3) is 0.0476. The maximum absolute atomic E-state index is 12.2. The van der Waals surface area contributed by atoms with Gasteiger partial charge in [-0.2, -0.15) is 0 Å². The second-order valence-corrected chi connectivity index (χ2v) is 6.57. The van der Waals surface area contributed by atoms with Gasteiger partial charge in [0.25, 0.3) is 11.4 Å². The first-order valence-corrected chi connectivity index (χ1v) is 8.95. The van der Waals surface area contributed by atoms with E-state index in [4.69, 9.17) is 9.15 Å². The molecule has 31 heavy (non-hydrogen) atoms. The van der Waals surface area contributed by atoms with Crippen LogP contribution in [0, 0.1) is 27.2 Å². The maximum Gasteiger partial charge on any atom is 0.363 e. The number of furan rings is 1. The lowest BCUT2D eigenvalue weighted by Crippen LogP contribution is -2.06. The van der Waals surface area contributed by atoms with E-state index < -0.39 is 15.8 Å². The molecule has 0 bridgehead atoms. The first kappa shape index (κ1) is 19.7. The van der Waals surface area contributed by atoms with E-state index in [2.05, 4.69) is 4.99 Å². The summed E-state index contributed by atoms with van der Waals surface area (Å²) >= 11 is 0. The lowest BCUT2D eigenvalue weighted by Gasteiger charge is -2.01. The Morgan fingerprint density at radius 3 is 2.42 bits per heavy atom. The molecule has 0 unspecified atom stereocenters. The van der Waals surface area contributed by atoms with Crippen molar-refractivity contribution in [3.05, 3.63) is 97.4 Å². The molecule has 154 valence electrons. The maximum atomic E-state index is 12.2. The summed E-state index contributed by atoms with van der Waals surface area (Å²) in [5.74, 6) is -0.180. The number of nitro groups is 2. The van der Waals surface area contributed by atoms with Gasteiger partial charge in [-0.25, -0.2) is 9.79 Å². The van der Waals surface area contributed by atoms with Crippen molar-refractivity contribution < 1.29 is 23.8 Å². The fourth-order valence-electron chi connectivity index (χ4n) is 3.08. The first-order chi connectivity index (χ1) is 14.8. The number of nitro benzene ring substituents is 2. The molecule has 1 aromatic heterocycles. The van der Waals surface area contributed by atoms with Crippen LogP contribution in [0.25, 0.3) is 17.4 Å². The lowest BCUT2D eigenvalue weighted by atomic mass is 10.1. The molecule has 0 saturated carbocycles. The van der Waals surface area contributed by atoms with Gasteiger partial charge in [-0.1, -0.05) is 12.1 Å².